The summed E-state index contributed by atoms with van der Waals surface area (Å²) < 4.78 is 0. The molecule has 0 aromatic carbocycles. The molecular formula is C15H30N2O2. The first kappa shape index (κ1) is 16.4. The van der Waals surface area contributed by atoms with Gasteiger partial charge in [-0.3, -0.25) is 4.79 Å². The summed E-state index contributed by atoms with van der Waals surface area (Å²) in [4.78, 5) is 11.6. The Labute approximate surface area is 117 Å². The molecule has 1 unspecified atom stereocenters. The molecule has 0 saturated heterocycles. The monoisotopic (exact) mass is 270 g/mol. The zero-order valence-corrected chi connectivity index (χ0v) is 12.5. The normalized spacial score (nSPS) is 20.6. The Hall–Kier alpha value is -0.610. The van der Waals surface area contributed by atoms with Crippen LogP contribution in [0.15, 0.2) is 0 Å². The minimum Gasteiger partial charge on any atom is -0.389 e. The second-order valence-electron chi connectivity index (χ2n) is 5.94. The molecule has 19 heavy (non-hydrogen) atoms. The molecule has 0 aliphatic heterocycles. The number of carbonyl (C=O) groups excluding carboxylic acids is 1. The Morgan fingerprint density at radius 2 is 1.89 bits per heavy atom. The summed E-state index contributed by atoms with van der Waals surface area (Å²) in [6, 6.07) is 0.249. The second kappa shape index (κ2) is 8.54. The number of nitrogens with one attached hydrogen (secondary N) is 2. The summed E-state index contributed by atoms with van der Waals surface area (Å²) in [5, 5.41) is 16.6. The van der Waals surface area contributed by atoms with Crippen molar-refractivity contribution >= 4 is 5.91 Å². The van der Waals surface area contributed by atoms with Crippen LogP contribution >= 0.6 is 0 Å². The molecule has 112 valence electrons. The van der Waals surface area contributed by atoms with Crippen LogP contribution in [0.3, 0.4) is 0 Å². The molecule has 1 fully saturated rings. The molecule has 0 spiro atoms. The van der Waals surface area contributed by atoms with E-state index in [1.165, 1.54) is 12.8 Å². The van der Waals surface area contributed by atoms with Crippen LogP contribution in [0.1, 0.15) is 65.2 Å². The molecule has 0 aromatic heterocycles. The van der Waals surface area contributed by atoms with Crippen LogP contribution in [0.2, 0.25) is 0 Å². The maximum absolute atomic E-state index is 11.6. The lowest BCUT2D eigenvalue weighted by Gasteiger charge is -2.27. The Morgan fingerprint density at radius 1 is 1.26 bits per heavy atom. The summed E-state index contributed by atoms with van der Waals surface area (Å²) in [6.07, 6.45) is 7.93. The summed E-state index contributed by atoms with van der Waals surface area (Å²) in [6.45, 7) is 5.33. The minimum absolute atomic E-state index is 0.0923. The highest BCUT2D eigenvalue weighted by Crippen LogP contribution is 2.26. The maximum atomic E-state index is 11.6. The molecular weight excluding hydrogens is 240 g/mol. The Balaban J connectivity index is 2.13. The van der Waals surface area contributed by atoms with E-state index in [0.29, 0.717) is 19.5 Å². The highest BCUT2D eigenvalue weighted by Gasteiger charge is 2.27. The third kappa shape index (κ3) is 6.92. The van der Waals surface area contributed by atoms with Gasteiger partial charge in [0.15, 0.2) is 0 Å². The van der Waals surface area contributed by atoms with E-state index in [1.807, 2.05) is 6.92 Å². The van der Waals surface area contributed by atoms with Crippen LogP contribution in [0, 0.1) is 0 Å². The van der Waals surface area contributed by atoms with Gasteiger partial charge in [-0.05, 0) is 26.2 Å². The molecule has 0 radical (unpaired) electrons. The predicted octanol–water partition coefficient (Wildman–Crippen LogP) is 1.97. The van der Waals surface area contributed by atoms with Gasteiger partial charge in [-0.25, -0.2) is 0 Å². The lowest BCUT2D eigenvalue weighted by atomic mass is 9.94. The third-order valence-corrected chi connectivity index (χ3v) is 4.04. The first-order valence-electron chi connectivity index (χ1n) is 7.78. The topological polar surface area (TPSA) is 61.4 Å². The summed E-state index contributed by atoms with van der Waals surface area (Å²) >= 11 is 0. The van der Waals surface area contributed by atoms with Crippen LogP contribution in [0.5, 0.6) is 0 Å². The van der Waals surface area contributed by atoms with Crippen molar-refractivity contribution in [3.63, 3.8) is 0 Å². The second-order valence-corrected chi connectivity index (χ2v) is 5.94. The van der Waals surface area contributed by atoms with Crippen LogP contribution in [0.25, 0.3) is 0 Å². The van der Waals surface area contributed by atoms with Crippen LogP contribution in [-0.2, 0) is 4.79 Å². The van der Waals surface area contributed by atoms with E-state index in [2.05, 4.69) is 17.6 Å². The van der Waals surface area contributed by atoms with Crippen LogP contribution < -0.4 is 10.6 Å². The molecule has 1 saturated carbocycles. The van der Waals surface area contributed by atoms with Crippen molar-refractivity contribution < 1.29 is 9.90 Å². The fraction of sp³-hybridized carbons (Fsp3) is 0.933. The van der Waals surface area contributed by atoms with Gasteiger partial charge in [0.1, 0.15) is 0 Å². The van der Waals surface area contributed by atoms with Crippen LogP contribution in [0.4, 0.5) is 0 Å². The highest BCUT2D eigenvalue weighted by molar-refractivity contribution is 5.76. The van der Waals surface area contributed by atoms with Gasteiger partial charge in [0.05, 0.1) is 5.60 Å². The summed E-state index contributed by atoms with van der Waals surface area (Å²) in [5.41, 5.74) is -0.552. The molecule has 1 atom stereocenters. The molecule has 1 aliphatic carbocycles. The number of hydrogen-bond donors (Lipinski definition) is 3. The van der Waals surface area contributed by atoms with Crippen LogP contribution in [-0.4, -0.2) is 35.7 Å². The van der Waals surface area contributed by atoms with Crippen molar-refractivity contribution in [2.45, 2.75) is 76.9 Å². The minimum atomic E-state index is -0.552. The number of rotatable bonds is 7. The van der Waals surface area contributed by atoms with Crippen molar-refractivity contribution in [3.8, 4) is 0 Å². The molecule has 0 heterocycles. The first-order valence-corrected chi connectivity index (χ1v) is 7.78. The fourth-order valence-electron chi connectivity index (χ4n) is 2.54. The molecule has 0 bridgehead atoms. The van der Waals surface area contributed by atoms with E-state index in [0.717, 1.165) is 32.1 Å². The van der Waals surface area contributed by atoms with E-state index in [1.54, 1.807) is 0 Å². The average molecular weight is 270 g/mol. The quantitative estimate of drug-likeness (QED) is 0.489. The Kier molecular flexibility index (Phi) is 7.39. The average Bonchev–Trinajstić information content (AvgIpc) is 2.60. The molecule has 4 nitrogen and oxygen atoms in total. The Bertz CT molecular complexity index is 261. The molecule has 1 aliphatic rings. The van der Waals surface area contributed by atoms with Crippen molar-refractivity contribution in [2.75, 3.05) is 13.1 Å². The van der Waals surface area contributed by atoms with Gasteiger partial charge in [0.2, 0.25) is 5.91 Å². The van der Waals surface area contributed by atoms with E-state index in [-0.39, 0.29) is 11.9 Å². The zero-order chi connectivity index (χ0) is 14.1. The molecule has 3 N–H and O–H groups in total. The predicted molar refractivity (Wildman–Crippen MR) is 78.0 cm³/mol. The van der Waals surface area contributed by atoms with E-state index >= 15 is 0 Å². The van der Waals surface area contributed by atoms with Gasteiger partial charge in [-0.2, -0.15) is 0 Å². The Morgan fingerprint density at radius 3 is 2.47 bits per heavy atom. The summed E-state index contributed by atoms with van der Waals surface area (Å²) in [5.74, 6) is 0.0923. The zero-order valence-electron chi connectivity index (χ0n) is 12.5. The lowest BCUT2D eigenvalue weighted by molar-refractivity contribution is -0.121. The lowest BCUT2D eigenvalue weighted by Crippen LogP contribution is -2.41. The van der Waals surface area contributed by atoms with E-state index in [9.17, 15) is 9.90 Å². The molecule has 4 heteroatoms. The van der Waals surface area contributed by atoms with Crippen molar-refractivity contribution in [1.29, 1.82) is 0 Å². The molecule has 1 amide bonds. The molecule has 1 rings (SSSR count). The van der Waals surface area contributed by atoms with Gasteiger partial charge < -0.3 is 15.7 Å². The first-order chi connectivity index (χ1) is 9.06. The van der Waals surface area contributed by atoms with Gasteiger partial charge in [0.25, 0.3) is 0 Å². The van der Waals surface area contributed by atoms with Gasteiger partial charge in [-0.1, -0.05) is 32.6 Å². The summed E-state index contributed by atoms with van der Waals surface area (Å²) in [7, 11) is 0. The molecule has 0 aromatic rings. The van der Waals surface area contributed by atoms with Gasteiger partial charge >= 0.3 is 0 Å². The number of carbonyl (C=O) groups is 1. The third-order valence-electron chi connectivity index (χ3n) is 4.04. The largest absolute Gasteiger partial charge is 0.389 e. The van der Waals surface area contributed by atoms with E-state index in [4.69, 9.17) is 0 Å². The van der Waals surface area contributed by atoms with Crippen molar-refractivity contribution in [3.05, 3.63) is 0 Å². The highest BCUT2D eigenvalue weighted by atomic mass is 16.3. The van der Waals surface area contributed by atoms with Gasteiger partial charge in [0, 0.05) is 25.6 Å². The van der Waals surface area contributed by atoms with Crippen molar-refractivity contribution in [2.24, 2.45) is 0 Å². The SMILES string of the molecule is CCC(C)NC(=O)CCNCC1(O)CCCCCC1. The van der Waals surface area contributed by atoms with Crippen molar-refractivity contribution in [1.82, 2.24) is 10.6 Å². The number of hydrogen-bond acceptors (Lipinski definition) is 3. The smallest absolute Gasteiger partial charge is 0.221 e. The van der Waals surface area contributed by atoms with E-state index < -0.39 is 5.60 Å². The number of amides is 1. The number of aliphatic hydroxyl groups is 1. The fourth-order valence-corrected chi connectivity index (χ4v) is 2.54. The maximum Gasteiger partial charge on any atom is 0.221 e. The standard InChI is InChI=1S/C15H30N2O2/c1-3-13(2)17-14(18)8-11-16-12-15(19)9-6-4-5-7-10-15/h13,16,19H,3-12H2,1-2H3,(H,17,18). The van der Waals surface area contributed by atoms with Gasteiger partial charge in [-0.15, -0.1) is 0 Å².